The molecule has 0 fully saturated rings. The van der Waals surface area contributed by atoms with Crippen molar-refractivity contribution in [1.29, 1.82) is 0 Å². The first-order valence-corrected chi connectivity index (χ1v) is 15.0. The Morgan fingerprint density at radius 3 is 2.37 bits per heavy atom. The van der Waals surface area contributed by atoms with Gasteiger partial charge in [0.05, 0.1) is 42.2 Å². The number of hydrogen-bond donors (Lipinski definition) is 1. The smallest absolute Gasteiger partial charge is 0.271 e. The molecule has 43 heavy (non-hydrogen) atoms. The highest BCUT2D eigenvalue weighted by Crippen LogP contribution is 2.32. The topological polar surface area (TPSA) is 91.2 Å². The first-order valence-electron chi connectivity index (χ1n) is 14.2. The van der Waals surface area contributed by atoms with E-state index in [0.717, 1.165) is 22.3 Å². The van der Waals surface area contributed by atoms with Crippen molar-refractivity contribution in [3.63, 3.8) is 0 Å². The molecule has 9 heteroatoms. The van der Waals surface area contributed by atoms with Crippen LogP contribution in [0.5, 0.6) is 17.2 Å². The predicted molar refractivity (Wildman–Crippen MR) is 170 cm³/mol. The second-order valence-electron chi connectivity index (χ2n) is 10.2. The molecular formula is C34H35N3O5S. The maximum atomic E-state index is 14.1. The Bertz CT molecular complexity index is 1890. The van der Waals surface area contributed by atoms with Crippen molar-refractivity contribution in [3.05, 3.63) is 114 Å². The first-order chi connectivity index (χ1) is 20.7. The fourth-order valence-corrected chi connectivity index (χ4v) is 6.21. The average Bonchev–Trinajstić information content (AvgIpc) is 3.29. The maximum absolute atomic E-state index is 14.1. The summed E-state index contributed by atoms with van der Waals surface area (Å²) >= 11 is 1.29. The lowest BCUT2D eigenvalue weighted by atomic mass is 9.95. The van der Waals surface area contributed by atoms with E-state index in [1.807, 2.05) is 101 Å². The van der Waals surface area contributed by atoms with E-state index in [9.17, 15) is 9.59 Å². The number of fused-ring (bicyclic) bond motifs is 1. The zero-order valence-corrected chi connectivity index (χ0v) is 26.0. The second-order valence-corrected chi connectivity index (χ2v) is 11.2. The molecule has 0 unspecified atom stereocenters. The van der Waals surface area contributed by atoms with Crippen molar-refractivity contribution in [2.24, 2.45) is 4.99 Å². The summed E-state index contributed by atoms with van der Waals surface area (Å²) in [7, 11) is 1.60. The third-order valence-corrected chi connectivity index (χ3v) is 8.18. The van der Waals surface area contributed by atoms with Crippen LogP contribution in [0.4, 0.5) is 5.69 Å². The molecule has 4 aromatic rings. The molecule has 1 atom stereocenters. The van der Waals surface area contributed by atoms with Crippen LogP contribution >= 0.6 is 11.3 Å². The third kappa shape index (κ3) is 6.12. The number of anilines is 1. The number of aryl methyl sites for hydroxylation is 2. The van der Waals surface area contributed by atoms with Gasteiger partial charge in [-0.2, -0.15) is 0 Å². The van der Waals surface area contributed by atoms with Crippen molar-refractivity contribution < 1.29 is 19.0 Å². The fraction of sp³-hybridized carbons (Fsp3) is 0.265. The molecule has 2 heterocycles. The lowest BCUT2D eigenvalue weighted by Crippen LogP contribution is -2.40. The van der Waals surface area contributed by atoms with Crippen molar-refractivity contribution in [2.75, 3.05) is 25.6 Å². The van der Waals surface area contributed by atoms with E-state index in [1.165, 1.54) is 11.3 Å². The average molecular weight is 598 g/mol. The van der Waals surface area contributed by atoms with Crippen LogP contribution in [-0.4, -0.2) is 30.8 Å². The summed E-state index contributed by atoms with van der Waals surface area (Å²) in [6.45, 7) is 10.6. The number of nitrogens with zero attached hydrogens (tertiary/aromatic N) is 2. The van der Waals surface area contributed by atoms with Crippen molar-refractivity contribution >= 4 is 29.0 Å². The summed E-state index contributed by atoms with van der Waals surface area (Å²) in [6, 6.07) is 18.2. The molecule has 0 saturated heterocycles. The summed E-state index contributed by atoms with van der Waals surface area (Å²) < 4.78 is 19.0. The third-order valence-electron chi connectivity index (χ3n) is 7.19. The van der Waals surface area contributed by atoms with Crippen LogP contribution in [0.15, 0.2) is 81.7 Å². The van der Waals surface area contributed by atoms with Gasteiger partial charge in [-0.05, 0) is 87.7 Å². The maximum Gasteiger partial charge on any atom is 0.271 e. The molecule has 222 valence electrons. The van der Waals surface area contributed by atoms with Gasteiger partial charge in [0.2, 0.25) is 0 Å². The largest absolute Gasteiger partial charge is 0.497 e. The summed E-state index contributed by atoms with van der Waals surface area (Å²) in [5.41, 5.74) is 5.05. The highest BCUT2D eigenvalue weighted by molar-refractivity contribution is 7.07. The van der Waals surface area contributed by atoms with Gasteiger partial charge < -0.3 is 19.5 Å². The van der Waals surface area contributed by atoms with Gasteiger partial charge in [0.15, 0.2) is 16.3 Å². The molecule has 5 rings (SSSR count). The van der Waals surface area contributed by atoms with Gasteiger partial charge in [-0.15, -0.1) is 0 Å². The van der Waals surface area contributed by atoms with Crippen molar-refractivity contribution in [1.82, 2.24) is 4.57 Å². The van der Waals surface area contributed by atoms with Crippen LogP contribution in [0.2, 0.25) is 0 Å². The number of carbonyl (C=O) groups excluding carboxylic acids is 1. The first kappa shape index (κ1) is 29.8. The normalized spacial score (nSPS) is 14.7. The summed E-state index contributed by atoms with van der Waals surface area (Å²) in [5, 5.41) is 3.06. The minimum Gasteiger partial charge on any atom is -0.497 e. The van der Waals surface area contributed by atoms with Gasteiger partial charge in [-0.1, -0.05) is 47.2 Å². The monoisotopic (exact) mass is 597 g/mol. The van der Waals surface area contributed by atoms with Crippen LogP contribution in [-0.2, 0) is 4.79 Å². The number of hydrogen-bond acceptors (Lipinski definition) is 7. The van der Waals surface area contributed by atoms with E-state index in [-0.39, 0.29) is 11.5 Å². The van der Waals surface area contributed by atoms with Crippen molar-refractivity contribution in [2.45, 2.75) is 40.7 Å². The molecule has 1 aromatic heterocycles. The van der Waals surface area contributed by atoms with Crippen LogP contribution < -0.4 is 34.4 Å². The van der Waals surface area contributed by atoms with Gasteiger partial charge in [0.25, 0.3) is 11.5 Å². The standard InChI is InChI=1S/C34H35N3O5S/c1-7-41-27-16-10-23(18-28(27)42-8-2)19-29-33(39)37-31(24-11-13-25(40-6)14-12-24)30(22(5)35-34(37)43-29)32(38)36-26-15-9-20(3)17-21(26)4/h9-19,31H,7-8H2,1-6H3,(H,36,38)/b29-19+/t31-/m1/s1. The van der Waals surface area contributed by atoms with E-state index in [2.05, 4.69) is 5.32 Å². The quantitative estimate of drug-likeness (QED) is 0.283. The van der Waals surface area contributed by atoms with E-state index in [1.54, 1.807) is 11.7 Å². The minimum atomic E-state index is -0.686. The lowest BCUT2D eigenvalue weighted by Gasteiger charge is -2.25. The highest BCUT2D eigenvalue weighted by Gasteiger charge is 2.32. The van der Waals surface area contributed by atoms with E-state index in [4.69, 9.17) is 19.2 Å². The molecule has 3 aromatic carbocycles. The molecule has 0 saturated carbocycles. The number of ether oxygens (including phenoxy) is 3. The zero-order valence-electron chi connectivity index (χ0n) is 25.2. The van der Waals surface area contributed by atoms with Gasteiger partial charge in [-0.3, -0.25) is 14.2 Å². The van der Waals surface area contributed by atoms with Gasteiger partial charge in [0, 0.05) is 5.69 Å². The number of nitrogens with one attached hydrogen (secondary N) is 1. The molecule has 0 aliphatic carbocycles. The Kier molecular flexibility index (Phi) is 8.82. The molecule has 1 aliphatic heterocycles. The summed E-state index contributed by atoms with van der Waals surface area (Å²) in [4.78, 5) is 33.3. The van der Waals surface area contributed by atoms with Crippen LogP contribution in [0.1, 0.15) is 49.1 Å². The molecule has 0 radical (unpaired) electrons. The van der Waals surface area contributed by atoms with E-state index >= 15 is 0 Å². The van der Waals surface area contributed by atoms with Gasteiger partial charge in [-0.25, -0.2) is 4.99 Å². The Morgan fingerprint density at radius 2 is 1.70 bits per heavy atom. The molecule has 0 bridgehead atoms. The summed E-state index contributed by atoms with van der Waals surface area (Å²) in [6.07, 6.45) is 1.82. The SMILES string of the molecule is CCOc1ccc(/C=c2/sc3n(c2=O)[C@H](c2ccc(OC)cc2)C(C(=O)Nc2ccc(C)cc2C)=C(C)N=3)cc1OCC. The Labute approximate surface area is 254 Å². The second kappa shape index (κ2) is 12.7. The van der Waals surface area contributed by atoms with Crippen molar-refractivity contribution in [3.8, 4) is 17.2 Å². The molecule has 1 amide bonds. The number of methoxy groups -OCH3 is 1. The lowest BCUT2D eigenvalue weighted by molar-refractivity contribution is -0.113. The number of rotatable bonds is 9. The predicted octanol–water partition coefficient (Wildman–Crippen LogP) is 5.30. The number of carbonyl (C=O) groups is 1. The molecule has 8 nitrogen and oxygen atoms in total. The fourth-order valence-electron chi connectivity index (χ4n) is 5.17. The van der Waals surface area contributed by atoms with Crippen LogP contribution in [0.3, 0.4) is 0 Å². The number of allylic oxidation sites excluding steroid dienone is 1. The number of benzene rings is 3. The minimum absolute atomic E-state index is 0.235. The van der Waals surface area contributed by atoms with E-state index < -0.39 is 6.04 Å². The number of amides is 1. The zero-order chi connectivity index (χ0) is 30.7. The Morgan fingerprint density at radius 1 is 0.977 bits per heavy atom. The number of aromatic nitrogens is 1. The van der Waals surface area contributed by atoms with Gasteiger partial charge in [0.1, 0.15) is 5.75 Å². The van der Waals surface area contributed by atoms with Crippen LogP contribution in [0.25, 0.3) is 6.08 Å². The number of thiazole rings is 1. The molecule has 1 aliphatic rings. The van der Waals surface area contributed by atoms with E-state index in [0.29, 0.717) is 56.8 Å². The highest BCUT2D eigenvalue weighted by atomic mass is 32.1. The summed E-state index contributed by atoms with van der Waals surface area (Å²) in [5.74, 6) is 1.63. The molecular weight excluding hydrogens is 562 g/mol. The molecule has 0 spiro atoms. The van der Waals surface area contributed by atoms with Gasteiger partial charge >= 0.3 is 0 Å². The Hall–Kier alpha value is -4.63. The molecule has 1 N–H and O–H groups in total. The Balaban J connectivity index is 1.63. The van der Waals surface area contributed by atoms with Crippen LogP contribution in [0, 0.1) is 13.8 Å².